The van der Waals surface area contributed by atoms with Crippen LogP contribution in [0.25, 0.3) is 33.4 Å². The summed E-state index contributed by atoms with van der Waals surface area (Å²) in [6.45, 7) is 4.54. The number of aromatic nitrogens is 4. The van der Waals surface area contributed by atoms with E-state index < -0.39 is 6.10 Å². The number of methoxy groups -OCH3 is 1. The van der Waals surface area contributed by atoms with Gasteiger partial charge in [-0.1, -0.05) is 30.3 Å². The summed E-state index contributed by atoms with van der Waals surface area (Å²) in [4.78, 5) is 8.99. The van der Waals surface area contributed by atoms with Crippen LogP contribution >= 0.6 is 0 Å². The van der Waals surface area contributed by atoms with Crippen LogP contribution in [0, 0.1) is 0 Å². The van der Waals surface area contributed by atoms with Gasteiger partial charge in [-0.25, -0.2) is 9.97 Å². The summed E-state index contributed by atoms with van der Waals surface area (Å²) in [5.74, 6) is 0.611. The van der Waals surface area contributed by atoms with E-state index in [4.69, 9.17) is 9.84 Å². The van der Waals surface area contributed by atoms with Crippen molar-refractivity contribution >= 4 is 10.9 Å². The minimum Gasteiger partial charge on any atom is -0.496 e. The van der Waals surface area contributed by atoms with E-state index in [1.54, 1.807) is 20.4 Å². The zero-order valence-corrected chi connectivity index (χ0v) is 16.1. The number of hydrogen-bond donors (Lipinski definition) is 1. The highest BCUT2D eigenvalue weighted by Crippen LogP contribution is 2.37. The molecule has 0 radical (unpaired) electrons. The molecule has 0 aliphatic rings. The fourth-order valence-electron chi connectivity index (χ4n) is 3.38. The van der Waals surface area contributed by atoms with E-state index in [0.29, 0.717) is 11.3 Å². The number of aryl methyl sites for hydroxylation is 1. The average molecular weight is 374 g/mol. The van der Waals surface area contributed by atoms with E-state index in [1.807, 2.05) is 53.3 Å². The smallest absolute Gasteiger partial charge is 0.126 e. The van der Waals surface area contributed by atoms with Crippen molar-refractivity contribution in [1.29, 1.82) is 0 Å². The maximum absolute atomic E-state index is 10.2. The summed E-state index contributed by atoms with van der Waals surface area (Å²) in [5, 5.41) is 15.8. The first-order valence-electron chi connectivity index (χ1n) is 9.26. The maximum atomic E-state index is 10.2. The van der Waals surface area contributed by atoms with Crippen LogP contribution in [0.1, 0.15) is 25.5 Å². The molecule has 0 aliphatic heterocycles. The number of fused-ring (bicyclic) bond motifs is 1. The predicted molar refractivity (Wildman–Crippen MR) is 109 cm³/mol. The first kappa shape index (κ1) is 18.1. The second-order valence-corrected chi connectivity index (χ2v) is 6.62. The molecule has 1 N–H and O–H groups in total. The zero-order chi connectivity index (χ0) is 19.7. The molecule has 0 bridgehead atoms. The molecular formula is C22H22N4O2. The molecule has 1 atom stereocenters. The van der Waals surface area contributed by atoms with Crippen LogP contribution in [0.15, 0.2) is 55.0 Å². The van der Waals surface area contributed by atoms with Crippen molar-refractivity contribution in [1.82, 2.24) is 19.7 Å². The first-order chi connectivity index (χ1) is 13.6. The second kappa shape index (κ2) is 7.40. The lowest BCUT2D eigenvalue weighted by Crippen LogP contribution is -1.99. The number of rotatable bonds is 5. The number of ether oxygens (including phenoxy) is 1. The Bertz CT molecular complexity index is 1120. The number of aliphatic hydroxyl groups excluding tert-OH is 1. The van der Waals surface area contributed by atoms with Crippen molar-refractivity contribution in [3.05, 3.63) is 60.6 Å². The highest BCUT2D eigenvalue weighted by molar-refractivity contribution is 5.96. The van der Waals surface area contributed by atoms with Crippen LogP contribution in [-0.2, 0) is 6.54 Å². The molecule has 28 heavy (non-hydrogen) atoms. The molecule has 0 amide bonds. The predicted octanol–water partition coefficient (Wildman–Crippen LogP) is 4.24. The Kier molecular flexibility index (Phi) is 4.79. The SMILES string of the molecule is CCn1cc(-c2ncnc3cc(OC)c(C(C)O)cc23)c(-c2ccccc2)n1. The Morgan fingerprint density at radius 2 is 1.89 bits per heavy atom. The third-order valence-electron chi connectivity index (χ3n) is 4.82. The van der Waals surface area contributed by atoms with Crippen LogP contribution < -0.4 is 4.74 Å². The summed E-state index contributed by atoms with van der Waals surface area (Å²) in [6.07, 6.45) is 2.90. The molecule has 2 aromatic heterocycles. The quantitative estimate of drug-likeness (QED) is 0.566. The van der Waals surface area contributed by atoms with Crippen LogP contribution in [0.5, 0.6) is 5.75 Å². The highest BCUT2D eigenvalue weighted by atomic mass is 16.5. The van der Waals surface area contributed by atoms with Crippen molar-refractivity contribution in [2.75, 3.05) is 7.11 Å². The van der Waals surface area contributed by atoms with Crippen molar-refractivity contribution in [2.24, 2.45) is 0 Å². The van der Waals surface area contributed by atoms with Gasteiger partial charge >= 0.3 is 0 Å². The zero-order valence-electron chi connectivity index (χ0n) is 16.1. The van der Waals surface area contributed by atoms with Gasteiger partial charge in [-0.05, 0) is 19.9 Å². The number of nitrogens with zero attached hydrogens (tertiary/aromatic N) is 4. The Morgan fingerprint density at radius 3 is 2.57 bits per heavy atom. The lowest BCUT2D eigenvalue weighted by Gasteiger charge is -2.13. The monoisotopic (exact) mass is 374 g/mol. The molecule has 0 saturated carbocycles. The molecule has 4 aromatic rings. The van der Waals surface area contributed by atoms with E-state index in [2.05, 4.69) is 16.9 Å². The van der Waals surface area contributed by atoms with Crippen molar-refractivity contribution in [3.8, 4) is 28.3 Å². The van der Waals surface area contributed by atoms with Gasteiger partial charge in [0.05, 0.1) is 24.4 Å². The molecule has 0 aliphatic carbocycles. The first-order valence-corrected chi connectivity index (χ1v) is 9.26. The number of benzene rings is 2. The van der Waals surface area contributed by atoms with Gasteiger partial charge in [-0.2, -0.15) is 5.10 Å². The van der Waals surface area contributed by atoms with E-state index in [9.17, 15) is 5.11 Å². The number of hydrogen-bond acceptors (Lipinski definition) is 5. The molecule has 142 valence electrons. The van der Waals surface area contributed by atoms with Gasteiger partial charge < -0.3 is 9.84 Å². The van der Waals surface area contributed by atoms with Crippen LogP contribution in [0.2, 0.25) is 0 Å². The Hall–Kier alpha value is -3.25. The van der Waals surface area contributed by atoms with Crippen molar-refractivity contribution < 1.29 is 9.84 Å². The fourth-order valence-corrected chi connectivity index (χ4v) is 3.38. The molecule has 6 heteroatoms. The van der Waals surface area contributed by atoms with Crippen LogP contribution in [0.3, 0.4) is 0 Å². The Morgan fingerprint density at radius 1 is 1.11 bits per heavy atom. The topological polar surface area (TPSA) is 73.1 Å². The fraction of sp³-hybridized carbons (Fsp3) is 0.227. The van der Waals surface area contributed by atoms with Gasteiger partial charge in [0.2, 0.25) is 0 Å². The molecule has 0 spiro atoms. The molecule has 6 nitrogen and oxygen atoms in total. The minimum absolute atomic E-state index is 0.611. The Balaban J connectivity index is 2.00. The van der Waals surface area contributed by atoms with E-state index in [0.717, 1.165) is 40.0 Å². The third kappa shape index (κ3) is 3.12. The second-order valence-electron chi connectivity index (χ2n) is 6.62. The van der Waals surface area contributed by atoms with Gasteiger partial charge in [0, 0.05) is 40.9 Å². The van der Waals surface area contributed by atoms with E-state index >= 15 is 0 Å². The molecule has 0 saturated heterocycles. The lowest BCUT2D eigenvalue weighted by molar-refractivity contribution is 0.194. The van der Waals surface area contributed by atoms with E-state index in [1.165, 1.54) is 0 Å². The molecular weight excluding hydrogens is 352 g/mol. The lowest BCUT2D eigenvalue weighted by atomic mass is 10.00. The molecule has 2 aromatic carbocycles. The van der Waals surface area contributed by atoms with Gasteiger partial charge in [0.1, 0.15) is 17.8 Å². The summed E-state index contributed by atoms with van der Waals surface area (Å²) in [7, 11) is 1.59. The largest absolute Gasteiger partial charge is 0.496 e. The Labute approximate surface area is 163 Å². The maximum Gasteiger partial charge on any atom is 0.126 e. The summed E-state index contributed by atoms with van der Waals surface area (Å²) in [5.41, 5.74) is 5.08. The average Bonchev–Trinajstić information content (AvgIpc) is 3.17. The van der Waals surface area contributed by atoms with Crippen molar-refractivity contribution in [2.45, 2.75) is 26.5 Å². The van der Waals surface area contributed by atoms with Gasteiger partial charge in [-0.3, -0.25) is 4.68 Å². The standard InChI is InChI=1S/C22H22N4O2/c1-4-26-12-18(21(25-26)15-8-6-5-7-9-15)22-17-10-16(14(2)27)20(28-3)11-19(17)23-13-24-22/h5-14,27H,4H2,1-3H3. The highest BCUT2D eigenvalue weighted by Gasteiger charge is 2.19. The molecule has 4 rings (SSSR count). The summed E-state index contributed by atoms with van der Waals surface area (Å²) in [6, 6.07) is 13.8. The molecule has 0 fully saturated rings. The summed E-state index contributed by atoms with van der Waals surface area (Å²) < 4.78 is 7.35. The minimum atomic E-state index is -0.667. The van der Waals surface area contributed by atoms with E-state index in [-0.39, 0.29) is 0 Å². The van der Waals surface area contributed by atoms with Gasteiger partial charge in [0.25, 0.3) is 0 Å². The number of aliphatic hydroxyl groups is 1. The third-order valence-corrected chi connectivity index (χ3v) is 4.82. The normalized spacial score (nSPS) is 12.3. The van der Waals surface area contributed by atoms with Crippen LogP contribution in [-0.4, -0.2) is 32.0 Å². The van der Waals surface area contributed by atoms with Gasteiger partial charge in [0.15, 0.2) is 0 Å². The van der Waals surface area contributed by atoms with Crippen LogP contribution in [0.4, 0.5) is 0 Å². The molecule has 1 unspecified atom stereocenters. The van der Waals surface area contributed by atoms with Gasteiger partial charge in [-0.15, -0.1) is 0 Å². The van der Waals surface area contributed by atoms with Crippen molar-refractivity contribution in [3.63, 3.8) is 0 Å². The summed E-state index contributed by atoms with van der Waals surface area (Å²) >= 11 is 0. The molecule has 2 heterocycles.